The molecule has 0 unspecified atom stereocenters. The van der Waals surface area contributed by atoms with Crippen LogP contribution in [0.3, 0.4) is 0 Å². The Balaban J connectivity index is 1.53. The zero-order valence-corrected chi connectivity index (χ0v) is 17.1. The predicted molar refractivity (Wildman–Crippen MR) is 112 cm³/mol. The minimum absolute atomic E-state index is 0.103. The number of carbonyl (C=O) groups excluding carboxylic acids is 1. The van der Waals surface area contributed by atoms with Gasteiger partial charge in [0, 0.05) is 13.1 Å². The molecule has 1 aliphatic rings. The van der Waals surface area contributed by atoms with Gasteiger partial charge in [-0.25, -0.2) is 4.79 Å². The van der Waals surface area contributed by atoms with Crippen LogP contribution in [0.1, 0.15) is 48.2 Å². The molecule has 1 fully saturated rings. The average Bonchev–Trinajstić information content (AvgIpc) is 2.68. The third-order valence-electron chi connectivity index (χ3n) is 5.35. The van der Waals surface area contributed by atoms with E-state index in [-0.39, 0.29) is 12.0 Å². The second kappa shape index (κ2) is 9.59. The van der Waals surface area contributed by atoms with Crippen molar-refractivity contribution < 1.29 is 19.4 Å². The van der Waals surface area contributed by atoms with Crippen LogP contribution in [0.2, 0.25) is 0 Å². The van der Waals surface area contributed by atoms with Gasteiger partial charge < -0.3 is 14.7 Å². The van der Waals surface area contributed by atoms with Gasteiger partial charge in [-0.1, -0.05) is 30.3 Å². The molecule has 5 heteroatoms. The van der Waals surface area contributed by atoms with Crippen molar-refractivity contribution in [2.24, 2.45) is 5.92 Å². The number of likely N-dealkylation sites (tertiary alicyclic amines) is 1. The summed E-state index contributed by atoms with van der Waals surface area (Å²) in [5.74, 6) is 0.455. The maximum atomic E-state index is 12.7. The highest BCUT2D eigenvalue weighted by Crippen LogP contribution is 2.24. The summed E-state index contributed by atoms with van der Waals surface area (Å²) in [6.45, 7) is 5.41. The lowest BCUT2D eigenvalue weighted by atomic mass is 9.88. The zero-order valence-electron chi connectivity index (χ0n) is 17.1. The molecule has 1 aliphatic heterocycles. The molecule has 3 rings (SSSR count). The number of hydrogen-bond acceptors (Lipinski definition) is 3. The first-order valence-electron chi connectivity index (χ1n) is 10.3. The van der Waals surface area contributed by atoms with E-state index in [0.717, 1.165) is 49.2 Å². The third kappa shape index (κ3) is 5.83. The maximum absolute atomic E-state index is 12.7. The Morgan fingerprint density at radius 1 is 1.10 bits per heavy atom. The van der Waals surface area contributed by atoms with Crippen LogP contribution in [0, 0.1) is 5.92 Å². The second-order valence-electron chi connectivity index (χ2n) is 7.98. The van der Waals surface area contributed by atoms with E-state index < -0.39 is 5.97 Å². The predicted octanol–water partition coefficient (Wildman–Crippen LogP) is 4.20. The first-order chi connectivity index (χ1) is 13.9. The molecule has 1 amide bonds. The molecular weight excluding hydrogens is 366 g/mol. The summed E-state index contributed by atoms with van der Waals surface area (Å²) in [5, 5.41) is 9.36. The van der Waals surface area contributed by atoms with Crippen molar-refractivity contribution in [1.82, 2.24) is 4.90 Å². The fraction of sp³-hybridized carbons (Fsp3) is 0.417. The van der Waals surface area contributed by atoms with Gasteiger partial charge in [0.2, 0.25) is 5.91 Å². The summed E-state index contributed by atoms with van der Waals surface area (Å²) < 4.78 is 5.71. The monoisotopic (exact) mass is 395 g/mol. The number of ether oxygens (including phenoxy) is 1. The van der Waals surface area contributed by atoms with Gasteiger partial charge in [-0.3, -0.25) is 4.79 Å². The minimum atomic E-state index is -0.878. The van der Waals surface area contributed by atoms with Gasteiger partial charge >= 0.3 is 5.97 Å². The zero-order chi connectivity index (χ0) is 20.8. The summed E-state index contributed by atoms with van der Waals surface area (Å²) >= 11 is 0. The highest BCUT2D eigenvalue weighted by molar-refractivity contribution is 5.89. The van der Waals surface area contributed by atoms with Crippen LogP contribution in [0.4, 0.5) is 0 Å². The highest BCUT2D eigenvalue weighted by Gasteiger charge is 2.24. The van der Waals surface area contributed by atoms with Gasteiger partial charge in [-0.2, -0.15) is 0 Å². The van der Waals surface area contributed by atoms with Crippen molar-refractivity contribution in [1.29, 1.82) is 0 Å². The molecule has 0 bridgehead atoms. The molecule has 5 nitrogen and oxygen atoms in total. The van der Waals surface area contributed by atoms with E-state index in [4.69, 9.17) is 4.74 Å². The van der Waals surface area contributed by atoms with Crippen molar-refractivity contribution in [3.63, 3.8) is 0 Å². The maximum Gasteiger partial charge on any atom is 0.335 e. The Bertz CT molecular complexity index is 853. The van der Waals surface area contributed by atoms with Crippen LogP contribution < -0.4 is 4.74 Å². The largest absolute Gasteiger partial charge is 0.491 e. The van der Waals surface area contributed by atoms with Gasteiger partial charge in [0.1, 0.15) is 5.75 Å². The number of rotatable bonds is 7. The summed E-state index contributed by atoms with van der Waals surface area (Å²) in [5.41, 5.74) is 2.23. The van der Waals surface area contributed by atoms with E-state index in [0.29, 0.717) is 17.9 Å². The number of benzene rings is 2. The molecule has 1 N–H and O–H groups in total. The van der Waals surface area contributed by atoms with Crippen molar-refractivity contribution >= 4 is 11.9 Å². The quantitative estimate of drug-likeness (QED) is 0.763. The molecule has 29 heavy (non-hydrogen) atoms. The van der Waals surface area contributed by atoms with E-state index in [1.54, 1.807) is 12.1 Å². The summed E-state index contributed by atoms with van der Waals surface area (Å²) in [6, 6.07) is 14.9. The Morgan fingerprint density at radius 3 is 2.52 bits per heavy atom. The normalized spacial score (nSPS) is 14.8. The lowest BCUT2D eigenvalue weighted by Gasteiger charge is -2.32. The summed E-state index contributed by atoms with van der Waals surface area (Å²) in [4.78, 5) is 26.0. The molecule has 0 radical (unpaired) electrons. The Kier molecular flexibility index (Phi) is 6.91. The second-order valence-corrected chi connectivity index (χ2v) is 7.98. The van der Waals surface area contributed by atoms with E-state index in [2.05, 4.69) is 0 Å². The van der Waals surface area contributed by atoms with E-state index in [9.17, 15) is 14.7 Å². The molecule has 2 aromatic rings. The van der Waals surface area contributed by atoms with Crippen molar-refractivity contribution in [2.75, 3.05) is 13.1 Å². The molecule has 0 atom stereocenters. The highest BCUT2D eigenvalue weighted by atomic mass is 16.5. The molecule has 0 saturated carbocycles. The summed E-state index contributed by atoms with van der Waals surface area (Å²) in [6.07, 6.45) is 3.03. The molecular formula is C24H29NO4. The number of hydrogen-bond donors (Lipinski definition) is 1. The fourth-order valence-corrected chi connectivity index (χ4v) is 3.89. The minimum Gasteiger partial charge on any atom is -0.491 e. The van der Waals surface area contributed by atoms with Crippen molar-refractivity contribution in [3.8, 4) is 5.75 Å². The van der Waals surface area contributed by atoms with Gasteiger partial charge in [0.05, 0.1) is 18.1 Å². The van der Waals surface area contributed by atoms with Crippen LogP contribution in [-0.4, -0.2) is 41.1 Å². The molecule has 0 aromatic heterocycles. The van der Waals surface area contributed by atoms with Gasteiger partial charge in [0.15, 0.2) is 0 Å². The number of piperidine rings is 1. The van der Waals surface area contributed by atoms with Crippen LogP contribution in [-0.2, 0) is 17.6 Å². The average molecular weight is 395 g/mol. The Morgan fingerprint density at radius 2 is 1.83 bits per heavy atom. The van der Waals surface area contributed by atoms with E-state index >= 15 is 0 Å². The van der Waals surface area contributed by atoms with Gasteiger partial charge in [0.25, 0.3) is 0 Å². The number of carboxylic acids is 1. The number of nitrogens with zero attached hydrogens (tertiary/aromatic N) is 1. The SMILES string of the molecule is CC(C)Oc1cccc(CC(=O)N2CCC(Cc3ccccc3C(=O)O)CC2)c1. The Labute approximate surface area is 172 Å². The third-order valence-corrected chi connectivity index (χ3v) is 5.35. The van der Waals surface area contributed by atoms with Crippen LogP contribution in [0.25, 0.3) is 0 Å². The lowest BCUT2D eigenvalue weighted by Crippen LogP contribution is -2.39. The molecule has 1 heterocycles. The van der Waals surface area contributed by atoms with Crippen LogP contribution >= 0.6 is 0 Å². The topological polar surface area (TPSA) is 66.8 Å². The number of carboxylic acid groups (broad SMARTS) is 1. The lowest BCUT2D eigenvalue weighted by molar-refractivity contribution is -0.131. The van der Waals surface area contributed by atoms with Crippen molar-refractivity contribution in [3.05, 3.63) is 65.2 Å². The first-order valence-corrected chi connectivity index (χ1v) is 10.3. The van der Waals surface area contributed by atoms with Crippen LogP contribution in [0.15, 0.2) is 48.5 Å². The standard InChI is InChI=1S/C24H29NO4/c1-17(2)29-21-8-5-6-19(15-21)16-23(26)25-12-10-18(11-13-25)14-20-7-3-4-9-22(20)24(27)28/h3-9,15,17-18H,10-14,16H2,1-2H3,(H,27,28). The van der Waals surface area contributed by atoms with Gasteiger partial charge in [-0.05, 0) is 68.4 Å². The first kappa shape index (κ1) is 20.9. The number of amides is 1. The molecule has 154 valence electrons. The van der Waals surface area contributed by atoms with E-state index in [1.165, 1.54) is 0 Å². The summed E-state index contributed by atoms with van der Waals surface area (Å²) in [7, 11) is 0. The molecule has 2 aromatic carbocycles. The molecule has 0 aliphatic carbocycles. The van der Waals surface area contributed by atoms with Crippen LogP contribution in [0.5, 0.6) is 5.75 Å². The van der Waals surface area contributed by atoms with Gasteiger partial charge in [-0.15, -0.1) is 0 Å². The molecule has 1 saturated heterocycles. The number of carbonyl (C=O) groups is 2. The number of aromatic carboxylic acids is 1. The molecule has 0 spiro atoms. The fourth-order valence-electron chi connectivity index (χ4n) is 3.89. The van der Waals surface area contributed by atoms with Crippen molar-refractivity contribution in [2.45, 2.75) is 45.6 Å². The smallest absolute Gasteiger partial charge is 0.335 e. The Hall–Kier alpha value is -2.82. The van der Waals surface area contributed by atoms with E-state index in [1.807, 2.05) is 55.1 Å².